The molecule has 9 heteroatoms. The van der Waals surface area contributed by atoms with Crippen LogP contribution in [0.3, 0.4) is 0 Å². The summed E-state index contributed by atoms with van der Waals surface area (Å²) < 4.78 is 38.9. The van der Waals surface area contributed by atoms with Gasteiger partial charge in [0, 0.05) is 32.1 Å². The van der Waals surface area contributed by atoms with Crippen molar-refractivity contribution >= 4 is 6.03 Å². The Hall–Kier alpha value is -3.33. The van der Waals surface area contributed by atoms with Crippen LogP contribution in [-0.2, 0) is 11.2 Å². The predicted molar refractivity (Wildman–Crippen MR) is 125 cm³/mol. The lowest BCUT2D eigenvalue weighted by Gasteiger charge is -2.40. The van der Waals surface area contributed by atoms with Crippen molar-refractivity contribution in [3.8, 4) is 11.4 Å². The molecule has 5 rings (SSSR count). The van der Waals surface area contributed by atoms with E-state index >= 15 is 0 Å². The monoisotopic (exact) mass is 482 g/mol. The topological polar surface area (TPSA) is 71.7 Å². The summed E-state index contributed by atoms with van der Waals surface area (Å²) in [5.74, 6) is -1.05. The highest BCUT2D eigenvalue weighted by atomic mass is 19.1. The highest BCUT2D eigenvalue weighted by molar-refractivity contribution is 5.75. The first-order valence-electron chi connectivity index (χ1n) is 12.0. The van der Waals surface area contributed by atoms with E-state index in [1.165, 1.54) is 5.56 Å². The van der Waals surface area contributed by atoms with Gasteiger partial charge in [0.2, 0.25) is 11.7 Å². The number of benzene rings is 2. The van der Waals surface area contributed by atoms with Gasteiger partial charge in [-0.1, -0.05) is 36.3 Å². The van der Waals surface area contributed by atoms with E-state index in [9.17, 15) is 13.6 Å². The molecule has 2 fully saturated rings. The van der Waals surface area contributed by atoms with Gasteiger partial charge in [-0.2, -0.15) is 4.98 Å². The fourth-order valence-electron chi connectivity index (χ4n) is 4.84. The number of rotatable bonds is 4. The zero-order chi connectivity index (χ0) is 24.4. The Morgan fingerprint density at radius 1 is 1.03 bits per heavy atom. The number of amides is 2. The second-order valence-corrected chi connectivity index (χ2v) is 9.09. The molecule has 0 N–H and O–H groups in total. The maximum absolute atomic E-state index is 14.3. The van der Waals surface area contributed by atoms with Crippen LogP contribution >= 0.6 is 0 Å². The van der Waals surface area contributed by atoms with Crippen molar-refractivity contribution in [3.63, 3.8) is 0 Å². The van der Waals surface area contributed by atoms with Gasteiger partial charge in [-0.3, -0.25) is 0 Å². The van der Waals surface area contributed by atoms with Crippen LogP contribution in [0.5, 0.6) is 0 Å². The smallest absolute Gasteiger partial charge is 0.320 e. The number of carbonyl (C=O) groups is 1. The van der Waals surface area contributed by atoms with E-state index in [0.29, 0.717) is 51.7 Å². The molecule has 35 heavy (non-hydrogen) atoms. The maximum Gasteiger partial charge on any atom is 0.320 e. The first-order chi connectivity index (χ1) is 17.0. The summed E-state index contributed by atoms with van der Waals surface area (Å²) in [6.45, 7) is 5.26. The van der Waals surface area contributed by atoms with Gasteiger partial charge >= 0.3 is 6.03 Å². The van der Waals surface area contributed by atoms with E-state index in [-0.39, 0.29) is 29.3 Å². The van der Waals surface area contributed by atoms with E-state index in [1.807, 2.05) is 9.80 Å². The number of likely N-dealkylation sites (tertiary alicyclic amines) is 1. The van der Waals surface area contributed by atoms with Gasteiger partial charge < -0.3 is 19.1 Å². The highest BCUT2D eigenvalue weighted by Crippen LogP contribution is 2.36. The van der Waals surface area contributed by atoms with Crippen molar-refractivity contribution in [2.45, 2.75) is 31.6 Å². The van der Waals surface area contributed by atoms with Crippen LogP contribution in [0.25, 0.3) is 11.4 Å². The SMILES string of the molecule is CCc1ccc([C@@H]2C[C@H](c3nc(-c4cc(F)ccc4F)no3)CN(C(=O)N3CCOCC3)C2)cc1. The van der Waals surface area contributed by atoms with Gasteiger partial charge in [0.25, 0.3) is 0 Å². The van der Waals surface area contributed by atoms with Gasteiger partial charge in [-0.25, -0.2) is 13.6 Å². The second-order valence-electron chi connectivity index (χ2n) is 9.09. The first kappa shape index (κ1) is 23.4. The Kier molecular flexibility index (Phi) is 6.77. The second kappa shape index (κ2) is 10.1. The number of ether oxygens (including phenoxy) is 1. The molecule has 2 aromatic carbocycles. The van der Waals surface area contributed by atoms with Crippen molar-refractivity contribution in [1.29, 1.82) is 0 Å². The number of aromatic nitrogens is 2. The molecule has 2 amide bonds. The van der Waals surface area contributed by atoms with Crippen LogP contribution in [0.15, 0.2) is 47.0 Å². The van der Waals surface area contributed by atoms with Crippen LogP contribution in [0, 0.1) is 11.6 Å². The summed E-state index contributed by atoms with van der Waals surface area (Å²) in [5.41, 5.74) is 2.34. The Morgan fingerprint density at radius 2 is 1.77 bits per heavy atom. The van der Waals surface area contributed by atoms with Crippen LogP contribution in [0.1, 0.15) is 42.2 Å². The summed E-state index contributed by atoms with van der Waals surface area (Å²) in [6, 6.07) is 11.6. The third kappa shape index (κ3) is 5.05. The maximum atomic E-state index is 14.3. The molecule has 184 valence electrons. The summed E-state index contributed by atoms with van der Waals surface area (Å²) in [5, 5.41) is 3.92. The lowest BCUT2D eigenvalue weighted by atomic mass is 9.84. The van der Waals surface area contributed by atoms with E-state index in [1.54, 1.807) is 0 Å². The molecule has 2 aliphatic rings. The molecule has 2 atom stereocenters. The van der Waals surface area contributed by atoms with Crippen molar-refractivity contribution in [3.05, 3.63) is 71.1 Å². The molecule has 3 aromatic rings. The van der Waals surface area contributed by atoms with Crippen molar-refractivity contribution in [1.82, 2.24) is 19.9 Å². The zero-order valence-corrected chi connectivity index (χ0v) is 19.6. The molecule has 0 aliphatic carbocycles. The number of aryl methyl sites for hydroxylation is 1. The number of halogens is 2. The zero-order valence-electron chi connectivity index (χ0n) is 19.6. The number of nitrogens with zero attached hydrogens (tertiary/aromatic N) is 4. The van der Waals surface area contributed by atoms with E-state index in [4.69, 9.17) is 9.26 Å². The van der Waals surface area contributed by atoms with Gasteiger partial charge in [-0.15, -0.1) is 0 Å². The van der Waals surface area contributed by atoms with Crippen LogP contribution in [-0.4, -0.2) is 65.4 Å². The standard InChI is InChI=1S/C26H28F2N4O3/c1-2-17-3-5-18(6-4-17)19-13-20(16-32(15-19)26(33)31-9-11-34-12-10-31)25-29-24(30-35-25)22-14-21(27)7-8-23(22)28/h3-8,14,19-20H,2,9-13,15-16H2,1H3/t19-,20+/m1/s1. The molecule has 3 heterocycles. The lowest BCUT2D eigenvalue weighted by molar-refractivity contribution is 0.0392. The van der Waals surface area contributed by atoms with E-state index in [0.717, 1.165) is 30.2 Å². The molecule has 0 radical (unpaired) electrons. The predicted octanol–water partition coefficient (Wildman–Crippen LogP) is 4.60. The van der Waals surface area contributed by atoms with Gasteiger partial charge in [0.15, 0.2) is 0 Å². The van der Waals surface area contributed by atoms with Crippen molar-refractivity contribution < 1.29 is 22.8 Å². The summed E-state index contributed by atoms with van der Waals surface area (Å²) in [6.07, 6.45) is 1.66. The molecular weight excluding hydrogens is 454 g/mol. The Bertz CT molecular complexity index is 1180. The molecule has 1 aromatic heterocycles. The third-order valence-corrected chi connectivity index (χ3v) is 6.82. The number of hydrogen-bond acceptors (Lipinski definition) is 5. The number of hydrogen-bond donors (Lipinski definition) is 0. The number of urea groups is 1. The summed E-state index contributed by atoms with van der Waals surface area (Å²) in [7, 11) is 0. The minimum Gasteiger partial charge on any atom is -0.378 e. The van der Waals surface area contributed by atoms with Crippen molar-refractivity contribution in [2.75, 3.05) is 39.4 Å². The average molecular weight is 483 g/mol. The normalized spacial score (nSPS) is 20.8. The Morgan fingerprint density at radius 3 is 2.51 bits per heavy atom. The molecule has 0 saturated carbocycles. The largest absolute Gasteiger partial charge is 0.378 e. The van der Waals surface area contributed by atoms with Crippen LogP contribution < -0.4 is 0 Å². The van der Waals surface area contributed by atoms with Crippen LogP contribution in [0.4, 0.5) is 13.6 Å². The summed E-state index contributed by atoms with van der Waals surface area (Å²) in [4.78, 5) is 21.4. The lowest BCUT2D eigenvalue weighted by Crippen LogP contribution is -2.52. The fraction of sp³-hybridized carbons (Fsp3) is 0.423. The molecule has 0 spiro atoms. The van der Waals surface area contributed by atoms with Crippen LogP contribution in [0.2, 0.25) is 0 Å². The molecule has 7 nitrogen and oxygen atoms in total. The number of morpholine rings is 1. The number of piperidine rings is 1. The third-order valence-electron chi connectivity index (χ3n) is 6.82. The van der Waals surface area contributed by atoms with E-state index < -0.39 is 11.6 Å². The van der Waals surface area contributed by atoms with Crippen molar-refractivity contribution in [2.24, 2.45) is 0 Å². The molecular formula is C26H28F2N4O3. The van der Waals surface area contributed by atoms with Gasteiger partial charge in [0.05, 0.1) is 24.7 Å². The minimum atomic E-state index is -0.625. The average Bonchev–Trinajstić information content (AvgIpc) is 3.40. The summed E-state index contributed by atoms with van der Waals surface area (Å²) >= 11 is 0. The van der Waals surface area contributed by atoms with E-state index in [2.05, 4.69) is 41.3 Å². The minimum absolute atomic E-state index is 0.00234. The Labute approximate surface area is 202 Å². The molecule has 2 saturated heterocycles. The molecule has 2 aliphatic heterocycles. The van der Waals surface area contributed by atoms with Gasteiger partial charge in [-0.05, 0) is 42.2 Å². The number of carbonyl (C=O) groups excluding carboxylic acids is 1. The fourth-order valence-corrected chi connectivity index (χ4v) is 4.84. The highest BCUT2D eigenvalue weighted by Gasteiger charge is 2.36. The quantitative estimate of drug-likeness (QED) is 0.544. The molecule has 0 bridgehead atoms. The molecule has 0 unspecified atom stereocenters. The Balaban J connectivity index is 1.43. The van der Waals surface area contributed by atoms with Gasteiger partial charge in [0.1, 0.15) is 11.6 Å². The first-order valence-corrected chi connectivity index (χ1v) is 12.0.